The second-order valence-electron chi connectivity index (χ2n) is 17.9. The molecule has 5 amide bonds. The standard InChI is InChI=1S/C49H50Cl2FN7O6/c1-57-38-26-28(13-20-36(38)59(47(57)65)37-21-22-39(60)58(2)45(37)63)10-5-3-8-25-53-43(61)29-14-17-31(18-15-29)54-44(62)42-40(32-11-9-12-34(51)41(32)52)49(48(56-42)23-6-4-7-24-48)33-19-16-30(50)27-35(33)55-46(49)64/h9,11-20,26-27,37,40,42,56H,3-8,10,21-25H2,1-2H3,(H,53,61)(H,54,62)(H,55,64)/t37?,40-,42+,49+/m0/s1. The summed E-state index contributed by atoms with van der Waals surface area (Å²) in [6.07, 6.45) is 7.50. The average molecular weight is 923 g/mol. The number of unbranched alkanes of at least 4 members (excludes halogenated alkanes) is 2. The van der Waals surface area contributed by atoms with Crippen LogP contribution in [0.4, 0.5) is 15.8 Å². The van der Waals surface area contributed by atoms with Gasteiger partial charge >= 0.3 is 5.69 Å². The van der Waals surface area contributed by atoms with E-state index < -0.39 is 40.7 Å². The van der Waals surface area contributed by atoms with Crippen molar-refractivity contribution in [1.29, 1.82) is 0 Å². The first-order valence-electron chi connectivity index (χ1n) is 22.3. The van der Waals surface area contributed by atoms with E-state index in [-0.39, 0.29) is 52.7 Å². The van der Waals surface area contributed by atoms with E-state index >= 15 is 4.39 Å². The molecule has 2 saturated heterocycles. The van der Waals surface area contributed by atoms with Gasteiger partial charge in [0.25, 0.3) is 11.8 Å². The molecule has 1 unspecified atom stereocenters. The molecule has 3 aliphatic heterocycles. The Bertz CT molecular complexity index is 2820. The zero-order valence-electron chi connectivity index (χ0n) is 36.1. The van der Waals surface area contributed by atoms with Crippen LogP contribution in [-0.4, -0.2) is 68.7 Å². The van der Waals surface area contributed by atoms with Gasteiger partial charge in [0.15, 0.2) is 0 Å². The van der Waals surface area contributed by atoms with Crippen molar-refractivity contribution in [3.63, 3.8) is 0 Å². The van der Waals surface area contributed by atoms with E-state index in [1.54, 1.807) is 60.1 Å². The van der Waals surface area contributed by atoms with E-state index in [9.17, 15) is 28.8 Å². The maximum atomic E-state index is 16.3. The third kappa shape index (κ3) is 7.53. The van der Waals surface area contributed by atoms with Crippen molar-refractivity contribution in [2.75, 3.05) is 24.2 Å². The number of halogens is 3. The van der Waals surface area contributed by atoms with Gasteiger partial charge < -0.3 is 16.0 Å². The minimum absolute atomic E-state index is 0.106. The molecule has 0 bridgehead atoms. The molecule has 4 aromatic carbocycles. The predicted octanol–water partition coefficient (Wildman–Crippen LogP) is 7.54. The second kappa shape index (κ2) is 17.5. The van der Waals surface area contributed by atoms with Crippen molar-refractivity contribution >= 4 is 75.1 Å². The largest absolute Gasteiger partial charge is 0.352 e. The van der Waals surface area contributed by atoms with Crippen LogP contribution in [0.25, 0.3) is 11.0 Å². The van der Waals surface area contributed by atoms with Crippen LogP contribution in [0, 0.1) is 5.82 Å². The van der Waals surface area contributed by atoms with Crippen molar-refractivity contribution in [2.24, 2.45) is 7.05 Å². The first-order chi connectivity index (χ1) is 31.3. The van der Waals surface area contributed by atoms with Crippen molar-refractivity contribution < 1.29 is 28.4 Å². The summed E-state index contributed by atoms with van der Waals surface area (Å²) >= 11 is 12.8. The van der Waals surface area contributed by atoms with Gasteiger partial charge in [0.05, 0.1) is 22.1 Å². The lowest BCUT2D eigenvalue weighted by molar-refractivity contribution is -0.149. The molecule has 1 saturated carbocycles. The number of imide groups is 1. The minimum Gasteiger partial charge on any atom is -0.352 e. The van der Waals surface area contributed by atoms with E-state index in [1.807, 2.05) is 24.3 Å². The van der Waals surface area contributed by atoms with Crippen molar-refractivity contribution in [3.8, 4) is 0 Å². The summed E-state index contributed by atoms with van der Waals surface area (Å²) in [4.78, 5) is 81.6. The number of likely N-dealkylation sites (N-methyl/N-ethyl adjacent to an activating group) is 1. The number of likely N-dealkylation sites (tertiary alicyclic amines) is 1. The lowest BCUT2D eigenvalue weighted by Gasteiger charge is -2.47. The Balaban J connectivity index is 0.836. The number of nitrogens with one attached hydrogen (secondary N) is 4. The molecule has 13 nitrogen and oxygen atoms in total. The van der Waals surface area contributed by atoms with E-state index in [0.717, 1.165) is 60.9 Å². The van der Waals surface area contributed by atoms with Crippen molar-refractivity contribution in [1.82, 2.24) is 24.7 Å². The van der Waals surface area contributed by atoms with Crippen LogP contribution in [0.5, 0.6) is 0 Å². The number of amides is 5. The normalized spacial score (nSPS) is 22.4. The number of aryl methyl sites for hydroxylation is 2. The van der Waals surface area contributed by atoms with Crippen molar-refractivity contribution in [3.05, 3.63) is 127 Å². The number of carbonyl (C=O) groups is 5. The monoisotopic (exact) mass is 921 g/mol. The number of aromatic nitrogens is 2. The Hall–Kier alpha value is -5.83. The van der Waals surface area contributed by atoms with Gasteiger partial charge in [-0.15, -0.1) is 0 Å². The predicted molar refractivity (Wildman–Crippen MR) is 247 cm³/mol. The quantitative estimate of drug-likeness (QED) is 0.0786. The van der Waals surface area contributed by atoms with Crippen LogP contribution in [0.15, 0.2) is 83.7 Å². The summed E-state index contributed by atoms with van der Waals surface area (Å²) in [6, 6.07) is 20.5. The molecule has 2 spiro atoms. The molecule has 4 atom stereocenters. The van der Waals surface area contributed by atoms with Gasteiger partial charge in [-0.3, -0.25) is 43.3 Å². The SMILES string of the molecule is CN1C(=O)CCC(n2c(=O)n(C)c3cc(CCCCCNC(=O)c4ccc(NC(=O)[C@@H]5NC6(CCCCC6)[C@@]6(C(=O)Nc7cc(Cl)ccc76)[C@H]5c5cccc(Cl)c5F)cc4)ccc32)C1=O. The summed E-state index contributed by atoms with van der Waals surface area (Å²) in [5.41, 5.74) is 2.12. The molecule has 1 aromatic heterocycles. The van der Waals surface area contributed by atoms with Gasteiger partial charge in [-0.25, -0.2) is 9.18 Å². The highest BCUT2D eigenvalue weighted by Crippen LogP contribution is 2.63. The molecule has 338 valence electrons. The Morgan fingerprint density at radius 2 is 1.65 bits per heavy atom. The van der Waals surface area contributed by atoms with Crippen LogP contribution >= 0.6 is 23.2 Å². The topological polar surface area (TPSA) is 164 Å². The number of rotatable bonds is 11. The number of carbonyl (C=O) groups excluding carboxylic acids is 5. The summed E-state index contributed by atoms with van der Waals surface area (Å²) in [5.74, 6) is -3.31. The maximum absolute atomic E-state index is 16.3. The number of fused-ring (bicyclic) bond motifs is 4. The molecule has 65 heavy (non-hydrogen) atoms. The molecule has 0 radical (unpaired) electrons. The minimum atomic E-state index is -1.35. The molecule has 16 heteroatoms. The fourth-order valence-corrected chi connectivity index (χ4v) is 11.4. The van der Waals surface area contributed by atoms with Gasteiger partial charge in [-0.2, -0.15) is 0 Å². The highest BCUT2D eigenvalue weighted by atomic mass is 35.5. The van der Waals surface area contributed by atoms with Crippen molar-refractivity contribution in [2.45, 2.75) is 99.6 Å². The molecule has 4 N–H and O–H groups in total. The average Bonchev–Trinajstić information content (AvgIpc) is 3.85. The number of imidazole rings is 1. The Labute approximate surface area is 385 Å². The molecular weight excluding hydrogens is 872 g/mol. The first-order valence-corrected chi connectivity index (χ1v) is 23.0. The highest BCUT2D eigenvalue weighted by molar-refractivity contribution is 6.31. The third-order valence-corrected chi connectivity index (χ3v) is 14.8. The number of nitrogens with zero attached hydrogens (tertiary/aromatic N) is 3. The van der Waals surface area contributed by atoms with Gasteiger partial charge in [-0.1, -0.05) is 73.2 Å². The van der Waals surface area contributed by atoms with Crippen LogP contribution in [0.2, 0.25) is 10.0 Å². The number of piperidine rings is 1. The molecular formula is C49H50Cl2FN7O6. The zero-order chi connectivity index (χ0) is 45.8. The maximum Gasteiger partial charge on any atom is 0.329 e. The third-order valence-electron chi connectivity index (χ3n) is 14.2. The number of hydrogen-bond donors (Lipinski definition) is 4. The Morgan fingerprint density at radius 3 is 2.42 bits per heavy atom. The second-order valence-corrected chi connectivity index (χ2v) is 18.7. The molecule has 4 aliphatic rings. The summed E-state index contributed by atoms with van der Waals surface area (Å²) in [5, 5.41) is 13.0. The number of hydrogen-bond acceptors (Lipinski definition) is 7. The zero-order valence-corrected chi connectivity index (χ0v) is 37.7. The smallest absolute Gasteiger partial charge is 0.329 e. The fourth-order valence-electron chi connectivity index (χ4n) is 11.1. The van der Waals surface area contributed by atoms with Gasteiger partial charge in [-0.05, 0) is 110 Å². The molecule has 4 heterocycles. The summed E-state index contributed by atoms with van der Waals surface area (Å²) in [6.45, 7) is 0.460. The molecule has 1 aliphatic carbocycles. The molecule has 3 fully saturated rings. The summed E-state index contributed by atoms with van der Waals surface area (Å²) < 4.78 is 19.3. The van der Waals surface area contributed by atoms with Crippen LogP contribution in [0.1, 0.15) is 103 Å². The van der Waals surface area contributed by atoms with E-state index in [2.05, 4.69) is 21.3 Å². The van der Waals surface area contributed by atoms with Crippen LogP contribution < -0.4 is 27.0 Å². The van der Waals surface area contributed by atoms with Gasteiger partial charge in [0, 0.05) is 60.5 Å². The Morgan fingerprint density at radius 1 is 0.877 bits per heavy atom. The lowest BCUT2D eigenvalue weighted by Crippen LogP contribution is -2.60. The van der Waals surface area contributed by atoms with E-state index in [1.165, 1.54) is 17.7 Å². The first kappa shape index (κ1) is 44.4. The van der Waals surface area contributed by atoms with Gasteiger partial charge in [0.1, 0.15) is 17.3 Å². The van der Waals surface area contributed by atoms with E-state index in [4.69, 9.17) is 23.2 Å². The molecule has 9 rings (SSSR count). The summed E-state index contributed by atoms with van der Waals surface area (Å²) in [7, 11) is 3.14. The molecule has 5 aromatic rings. The Kier molecular flexibility index (Phi) is 12.0. The van der Waals surface area contributed by atoms with Gasteiger partial charge in [0.2, 0.25) is 17.7 Å². The number of anilines is 2. The van der Waals surface area contributed by atoms with Crippen LogP contribution in [-0.2, 0) is 38.1 Å². The fraction of sp³-hybridized carbons (Fsp3) is 0.388. The van der Waals surface area contributed by atoms with E-state index in [0.29, 0.717) is 52.4 Å². The number of benzene rings is 4. The highest BCUT2D eigenvalue weighted by Gasteiger charge is 2.72. The van der Waals surface area contributed by atoms with Crippen LogP contribution in [0.3, 0.4) is 0 Å². The lowest BCUT2D eigenvalue weighted by atomic mass is 9.55.